The molecule has 0 radical (unpaired) electrons. The topological polar surface area (TPSA) is 82.2 Å². The van der Waals surface area contributed by atoms with E-state index in [-0.39, 0.29) is 16.4 Å². The second-order valence-corrected chi connectivity index (χ2v) is 15.8. The smallest absolute Gasteiger partial charge is 0.314 e. The number of hydrogen-bond donors (Lipinski definition) is 1. The fourth-order valence-corrected chi connectivity index (χ4v) is 8.83. The van der Waals surface area contributed by atoms with Crippen LogP contribution in [-0.4, -0.2) is 76.4 Å². The summed E-state index contributed by atoms with van der Waals surface area (Å²) in [7, 11) is 0. The highest BCUT2D eigenvalue weighted by molar-refractivity contribution is 9.10. The van der Waals surface area contributed by atoms with E-state index in [1.54, 1.807) is 4.90 Å². The van der Waals surface area contributed by atoms with Gasteiger partial charge < -0.3 is 15.5 Å². The summed E-state index contributed by atoms with van der Waals surface area (Å²) < 4.78 is -0.0731. The summed E-state index contributed by atoms with van der Waals surface area (Å²) in [6, 6.07) is 6.32. The maximum absolute atomic E-state index is 13.1. The average molecular weight is 659 g/mol. The first-order valence-corrected chi connectivity index (χ1v) is 17.1. The van der Waals surface area contributed by atoms with Crippen LogP contribution in [0.4, 0.5) is 4.79 Å². The summed E-state index contributed by atoms with van der Waals surface area (Å²) in [5, 5.41) is 0.818. The minimum atomic E-state index is -0.344. The predicted molar refractivity (Wildman–Crippen MR) is 172 cm³/mol. The number of urea groups is 1. The molecule has 7 nitrogen and oxygen atoms in total. The molecule has 4 heterocycles. The standard InChI is InChI=1S/C33H45BrClN5O2/c1-33(34)20-26-3-2-25-19-27(35)4-5-28(25)31(30(26)37-21-33)39-16-10-24(11-17-39)23-8-14-38(15-9-23)29(41)18-22-6-12-40(13-7-22)32(36)42/h4-5,19,21-24,31H,2-3,6-18,20H2,1H3,(H2,36,42). The first-order valence-electron chi connectivity index (χ1n) is 16.0. The molecule has 2 unspecified atom stereocenters. The molecule has 4 aliphatic heterocycles. The van der Waals surface area contributed by atoms with Crippen LogP contribution < -0.4 is 5.73 Å². The monoisotopic (exact) mass is 657 g/mol. The SMILES string of the molecule is CC1(Br)C=NC2=C(CCc3cc(Cl)ccc3C2N2CCC(C3CCN(C(=O)CC4CCN(C(N)=O)CC4)CC3)CC2)C1. The highest BCUT2D eigenvalue weighted by Crippen LogP contribution is 2.46. The van der Waals surface area contributed by atoms with E-state index in [9.17, 15) is 9.59 Å². The molecule has 3 fully saturated rings. The normalized spacial score (nSPS) is 28.4. The number of hydrogen-bond acceptors (Lipinski definition) is 4. The Morgan fingerprint density at radius 1 is 0.976 bits per heavy atom. The Kier molecular flexibility index (Phi) is 9.05. The van der Waals surface area contributed by atoms with Crippen molar-refractivity contribution in [1.82, 2.24) is 14.7 Å². The van der Waals surface area contributed by atoms with Crippen LogP contribution in [-0.2, 0) is 11.2 Å². The van der Waals surface area contributed by atoms with Crippen molar-refractivity contribution in [2.24, 2.45) is 28.5 Å². The number of rotatable bonds is 4. The largest absolute Gasteiger partial charge is 0.351 e. The van der Waals surface area contributed by atoms with E-state index in [4.69, 9.17) is 22.3 Å². The number of carbonyl (C=O) groups excluding carboxylic acids is 2. The third kappa shape index (κ3) is 6.61. The van der Waals surface area contributed by atoms with Gasteiger partial charge >= 0.3 is 6.03 Å². The zero-order valence-electron chi connectivity index (χ0n) is 24.9. The van der Waals surface area contributed by atoms with Crippen LogP contribution in [0.5, 0.6) is 0 Å². The molecule has 9 heteroatoms. The number of aryl methyl sites for hydroxylation is 1. The number of likely N-dealkylation sites (tertiary alicyclic amines) is 3. The molecule has 2 atom stereocenters. The fraction of sp³-hybridized carbons (Fsp3) is 0.667. The van der Waals surface area contributed by atoms with Gasteiger partial charge in [0.2, 0.25) is 5.91 Å². The number of aliphatic imine (C=N–C) groups is 1. The third-order valence-corrected chi connectivity index (χ3v) is 11.4. The summed E-state index contributed by atoms with van der Waals surface area (Å²) in [5.41, 5.74) is 10.9. The summed E-state index contributed by atoms with van der Waals surface area (Å²) in [4.78, 5) is 36.1. The molecular formula is C33H45BrClN5O2. The lowest BCUT2D eigenvalue weighted by molar-refractivity contribution is -0.134. The van der Waals surface area contributed by atoms with Crippen LogP contribution in [0.2, 0.25) is 5.02 Å². The van der Waals surface area contributed by atoms with Crippen molar-refractivity contribution in [3.05, 3.63) is 45.6 Å². The highest BCUT2D eigenvalue weighted by Gasteiger charge is 2.38. The van der Waals surface area contributed by atoms with Crippen molar-refractivity contribution in [2.75, 3.05) is 39.3 Å². The van der Waals surface area contributed by atoms with Gasteiger partial charge in [-0.2, -0.15) is 0 Å². The van der Waals surface area contributed by atoms with Gasteiger partial charge in [-0.15, -0.1) is 0 Å². The van der Waals surface area contributed by atoms with Crippen molar-refractivity contribution < 1.29 is 9.59 Å². The van der Waals surface area contributed by atoms with Gasteiger partial charge in [-0.05, 0) is 124 Å². The van der Waals surface area contributed by atoms with E-state index in [2.05, 4.69) is 51.0 Å². The molecular weight excluding hydrogens is 614 g/mol. The summed E-state index contributed by atoms with van der Waals surface area (Å²) >= 11 is 10.3. The van der Waals surface area contributed by atoms with Gasteiger partial charge in [0.05, 0.1) is 16.1 Å². The summed E-state index contributed by atoms with van der Waals surface area (Å²) in [6.45, 7) is 7.50. The number of nitrogens with two attached hydrogens (primary N) is 1. The second kappa shape index (κ2) is 12.6. The highest BCUT2D eigenvalue weighted by atomic mass is 79.9. The van der Waals surface area contributed by atoms with Gasteiger partial charge in [-0.1, -0.05) is 33.6 Å². The van der Waals surface area contributed by atoms with E-state index in [1.807, 2.05) is 6.07 Å². The average Bonchev–Trinajstić information content (AvgIpc) is 3.13. The number of halogens is 2. The zero-order chi connectivity index (χ0) is 29.4. The molecule has 5 aliphatic rings. The number of allylic oxidation sites excluding steroid dienone is 1. The van der Waals surface area contributed by atoms with Gasteiger partial charge in [0.15, 0.2) is 0 Å². The lowest BCUT2D eigenvalue weighted by Crippen LogP contribution is -2.45. The Bertz CT molecular complexity index is 1240. The van der Waals surface area contributed by atoms with E-state index in [0.717, 1.165) is 82.1 Å². The first kappa shape index (κ1) is 30.1. The van der Waals surface area contributed by atoms with Crippen LogP contribution in [0, 0.1) is 17.8 Å². The molecule has 2 N–H and O–H groups in total. The van der Waals surface area contributed by atoms with Crippen molar-refractivity contribution in [3.63, 3.8) is 0 Å². The molecule has 42 heavy (non-hydrogen) atoms. The number of carbonyl (C=O) groups is 2. The van der Waals surface area contributed by atoms with Crippen molar-refractivity contribution in [2.45, 2.75) is 81.5 Å². The summed E-state index contributed by atoms with van der Waals surface area (Å²) in [6.07, 6.45) is 12.2. The van der Waals surface area contributed by atoms with E-state index >= 15 is 0 Å². The molecule has 1 aromatic carbocycles. The first-order chi connectivity index (χ1) is 20.2. The minimum Gasteiger partial charge on any atom is -0.351 e. The molecule has 0 bridgehead atoms. The van der Waals surface area contributed by atoms with E-state index in [1.165, 1.54) is 35.2 Å². The molecule has 0 spiro atoms. The van der Waals surface area contributed by atoms with Gasteiger partial charge in [0.1, 0.15) is 0 Å². The van der Waals surface area contributed by atoms with Crippen LogP contribution in [0.3, 0.4) is 0 Å². The fourth-order valence-electron chi connectivity index (χ4n) is 8.19. The van der Waals surface area contributed by atoms with Crippen molar-refractivity contribution in [1.29, 1.82) is 0 Å². The molecule has 6 rings (SSSR count). The Morgan fingerprint density at radius 2 is 1.62 bits per heavy atom. The molecule has 0 aromatic heterocycles. The zero-order valence-corrected chi connectivity index (χ0v) is 27.2. The maximum atomic E-state index is 13.1. The van der Waals surface area contributed by atoms with Crippen molar-refractivity contribution in [3.8, 4) is 0 Å². The van der Waals surface area contributed by atoms with Crippen LogP contribution in [0.25, 0.3) is 0 Å². The molecule has 1 aromatic rings. The molecule has 1 aliphatic carbocycles. The lowest BCUT2D eigenvalue weighted by atomic mass is 9.78. The van der Waals surface area contributed by atoms with E-state index in [0.29, 0.717) is 37.3 Å². The van der Waals surface area contributed by atoms with Crippen LogP contribution in [0.1, 0.15) is 81.9 Å². The van der Waals surface area contributed by atoms with Gasteiger partial charge in [0.25, 0.3) is 0 Å². The Hall–Kier alpha value is -1.90. The molecule has 3 amide bonds. The number of amides is 3. The van der Waals surface area contributed by atoms with Crippen LogP contribution >= 0.6 is 27.5 Å². The maximum Gasteiger partial charge on any atom is 0.314 e. The molecule has 228 valence electrons. The quantitative estimate of drug-likeness (QED) is 0.384. The lowest BCUT2D eigenvalue weighted by Gasteiger charge is -2.43. The Balaban J connectivity index is 1.04. The number of primary amides is 1. The number of fused-ring (bicyclic) bond motifs is 1. The predicted octanol–water partition coefficient (Wildman–Crippen LogP) is 6.34. The number of nitrogens with zero attached hydrogens (tertiary/aromatic N) is 4. The van der Waals surface area contributed by atoms with Crippen molar-refractivity contribution >= 4 is 45.7 Å². The van der Waals surface area contributed by atoms with Gasteiger partial charge in [0, 0.05) is 43.8 Å². The van der Waals surface area contributed by atoms with Gasteiger partial charge in [-0.3, -0.25) is 14.7 Å². The van der Waals surface area contributed by atoms with Gasteiger partial charge in [-0.25, -0.2) is 4.79 Å². The third-order valence-electron chi connectivity index (χ3n) is 10.6. The number of piperidine rings is 3. The molecule has 3 saturated heterocycles. The number of benzene rings is 1. The summed E-state index contributed by atoms with van der Waals surface area (Å²) in [5.74, 6) is 2.09. The number of alkyl halides is 1. The second-order valence-electron chi connectivity index (χ2n) is 13.5. The van der Waals surface area contributed by atoms with Crippen LogP contribution in [0.15, 0.2) is 34.5 Å². The van der Waals surface area contributed by atoms with E-state index < -0.39 is 0 Å². The minimum absolute atomic E-state index is 0.0731. The Labute approximate surface area is 264 Å². The molecule has 0 saturated carbocycles. The Morgan fingerprint density at radius 3 is 2.29 bits per heavy atom.